The van der Waals surface area contributed by atoms with Crippen LogP contribution in [0.3, 0.4) is 0 Å². The second-order valence-electron chi connectivity index (χ2n) is 6.07. The predicted octanol–water partition coefficient (Wildman–Crippen LogP) is 4.66. The van der Waals surface area contributed by atoms with Crippen molar-refractivity contribution < 1.29 is 0 Å². The molecule has 0 saturated carbocycles. The minimum Gasteiger partial charge on any atom is -0.377 e. The number of nitrogens with one attached hydrogen (secondary N) is 2. The van der Waals surface area contributed by atoms with Gasteiger partial charge in [-0.1, -0.05) is 36.4 Å². The van der Waals surface area contributed by atoms with Gasteiger partial charge in [0.15, 0.2) is 0 Å². The molecular formula is C20H16N2. The molecule has 0 spiro atoms. The van der Waals surface area contributed by atoms with Crippen molar-refractivity contribution in [1.82, 2.24) is 0 Å². The van der Waals surface area contributed by atoms with E-state index in [2.05, 4.69) is 77.4 Å². The van der Waals surface area contributed by atoms with Gasteiger partial charge < -0.3 is 10.6 Å². The molecule has 2 heteroatoms. The van der Waals surface area contributed by atoms with Crippen LogP contribution < -0.4 is 10.6 Å². The van der Waals surface area contributed by atoms with Gasteiger partial charge in [-0.05, 0) is 59.1 Å². The minimum absolute atomic E-state index is 0.372. The fourth-order valence-electron chi connectivity index (χ4n) is 3.53. The molecule has 3 aliphatic rings. The average Bonchev–Trinajstić information content (AvgIpc) is 2.56. The van der Waals surface area contributed by atoms with Crippen LogP contribution in [0.15, 0.2) is 71.5 Å². The summed E-state index contributed by atoms with van der Waals surface area (Å²) in [5.41, 5.74) is 8.96. The highest BCUT2D eigenvalue weighted by Gasteiger charge is 2.28. The number of hydrogen-bond acceptors (Lipinski definition) is 2. The van der Waals surface area contributed by atoms with Gasteiger partial charge in [-0.3, -0.25) is 0 Å². The van der Waals surface area contributed by atoms with Crippen LogP contribution in [0.25, 0.3) is 12.2 Å². The first-order valence-corrected chi connectivity index (χ1v) is 7.73. The van der Waals surface area contributed by atoms with Crippen LogP contribution >= 0.6 is 0 Å². The molecule has 0 amide bonds. The van der Waals surface area contributed by atoms with E-state index < -0.39 is 0 Å². The van der Waals surface area contributed by atoms with Crippen molar-refractivity contribution in [1.29, 1.82) is 0 Å². The summed E-state index contributed by atoms with van der Waals surface area (Å²) in [5, 5.41) is 7.25. The monoisotopic (exact) mass is 284 g/mol. The van der Waals surface area contributed by atoms with E-state index in [1.165, 1.54) is 39.3 Å². The Bertz CT molecular complexity index is 871. The molecule has 5 rings (SSSR count). The molecule has 0 radical (unpaired) electrons. The number of allylic oxidation sites excluding steroid dienone is 1. The summed E-state index contributed by atoms with van der Waals surface area (Å²) in [7, 11) is 0. The molecule has 106 valence electrons. The fourth-order valence-corrected chi connectivity index (χ4v) is 3.53. The Balaban J connectivity index is 1.61. The molecule has 2 N–H and O–H groups in total. The van der Waals surface area contributed by atoms with Gasteiger partial charge in [0.1, 0.15) is 0 Å². The largest absolute Gasteiger partial charge is 0.377 e. The minimum atomic E-state index is 0.372. The van der Waals surface area contributed by atoms with Gasteiger partial charge in [0.2, 0.25) is 0 Å². The second-order valence-corrected chi connectivity index (χ2v) is 6.07. The van der Waals surface area contributed by atoms with Crippen LogP contribution in [-0.2, 0) is 0 Å². The van der Waals surface area contributed by atoms with Gasteiger partial charge in [-0.2, -0.15) is 0 Å². The Morgan fingerprint density at radius 3 is 2.36 bits per heavy atom. The highest BCUT2D eigenvalue weighted by Crippen LogP contribution is 2.39. The molecule has 0 bridgehead atoms. The SMILES string of the molecule is C1=C2CC3Nc4ccccc4C=C3C=C2Nc2ccccc21. The van der Waals surface area contributed by atoms with E-state index in [4.69, 9.17) is 0 Å². The van der Waals surface area contributed by atoms with Crippen LogP contribution in [0.2, 0.25) is 0 Å². The maximum atomic E-state index is 3.67. The lowest BCUT2D eigenvalue weighted by atomic mass is 9.84. The van der Waals surface area contributed by atoms with Gasteiger partial charge >= 0.3 is 0 Å². The van der Waals surface area contributed by atoms with Crippen molar-refractivity contribution in [2.45, 2.75) is 12.5 Å². The summed E-state index contributed by atoms with van der Waals surface area (Å²) >= 11 is 0. The molecule has 0 saturated heterocycles. The predicted molar refractivity (Wildman–Crippen MR) is 92.6 cm³/mol. The third kappa shape index (κ3) is 1.74. The van der Waals surface area contributed by atoms with Crippen LogP contribution in [0, 0.1) is 0 Å². The van der Waals surface area contributed by atoms with Gasteiger partial charge in [0.05, 0.1) is 6.04 Å². The molecule has 1 aliphatic carbocycles. The molecular weight excluding hydrogens is 268 g/mol. The third-order valence-electron chi connectivity index (χ3n) is 4.66. The van der Waals surface area contributed by atoms with E-state index in [1.54, 1.807) is 0 Å². The molecule has 2 aromatic rings. The van der Waals surface area contributed by atoms with Crippen LogP contribution in [0.5, 0.6) is 0 Å². The zero-order valence-electron chi connectivity index (χ0n) is 12.1. The van der Waals surface area contributed by atoms with E-state index in [0.29, 0.717) is 6.04 Å². The van der Waals surface area contributed by atoms with Crippen molar-refractivity contribution >= 4 is 23.5 Å². The van der Waals surface area contributed by atoms with Crippen LogP contribution in [0.4, 0.5) is 11.4 Å². The van der Waals surface area contributed by atoms with E-state index in [9.17, 15) is 0 Å². The lowest BCUT2D eigenvalue weighted by Crippen LogP contribution is -2.30. The Morgan fingerprint density at radius 1 is 0.773 bits per heavy atom. The number of hydrogen-bond donors (Lipinski definition) is 2. The Labute approximate surface area is 129 Å². The molecule has 1 unspecified atom stereocenters. The van der Waals surface area contributed by atoms with E-state index in [-0.39, 0.29) is 0 Å². The zero-order chi connectivity index (χ0) is 14.5. The van der Waals surface area contributed by atoms with Crippen molar-refractivity contribution in [2.75, 3.05) is 10.6 Å². The Morgan fingerprint density at radius 2 is 1.50 bits per heavy atom. The zero-order valence-corrected chi connectivity index (χ0v) is 12.1. The normalized spacial score (nSPS) is 20.7. The van der Waals surface area contributed by atoms with E-state index in [1.807, 2.05) is 0 Å². The summed E-state index contributed by atoms with van der Waals surface area (Å²) in [6, 6.07) is 17.4. The molecule has 0 fully saturated rings. The lowest BCUT2D eigenvalue weighted by Gasteiger charge is -2.34. The molecule has 22 heavy (non-hydrogen) atoms. The van der Waals surface area contributed by atoms with E-state index in [0.717, 1.165) is 6.42 Å². The van der Waals surface area contributed by atoms with Crippen molar-refractivity contribution in [3.8, 4) is 0 Å². The quantitative estimate of drug-likeness (QED) is 0.735. The van der Waals surface area contributed by atoms with Gasteiger partial charge in [-0.25, -0.2) is 0 Å². The first-order valence-electron chi connectivity index (χ1n) is 7.73. The van der Waals surface area contributed by atoms with Crippen molar-refractivity contribution in [2.24, 2.45) is 0 Å². The van der Waals surface area contributed by atoms with Crippen molar-refractivity contribution in [3.05, 3.63) is 82.6 Å². The third-order valence-corrected chi connectivity index (χ3v) is 4.66. The Hall–Kier alpha value is -2.74. The standard InChI is InChI=1S/C20H16N2/c1-3-7-17-13(5-1)9-15-11-20-16(12-19(15)21-17)10-14-6-2-4-8-18(14)22-20/h1-11,19,21-22H,12H2. The summed E-state index contributed by atoms with van der Waals surface area (Å²) < 4.78 is 0. The van der Waals surface area contributed by atoms with Gasteiger partial charge in [0, 0.05) is 17.1 Å². The first-order chi connectivity index (χ1) is 10.9. The molecule has 1 atom stereocenters. The van der Waals surface area contributed by atoms with Crippen molar-refractivity contribution in [3.63, 3.8) is 0 Å². The highest BCUT2D eigenvalue weighted by atomic mass is 15.0. The topological polar surface area (TPSA) is 24.1 Å². The number of para-hydroxylation sites is 2. The summed E-state index contributed by atoms with van der Waals surface area (Å²) in [6.07, 6.45) is 7.94. The molecule has 2 nitrogen and oxygen atoms in total. The fraction of sp³-hybridized carbons (Fsp3) is 0.100. The van der Waals surface area contributed by atoms with E-state index >= 15 is 0 Å². The molecule has 0 aromatic heterocycles. The first kappa shape index (κ1) is 11.9. The average molecular weight is 284 g/mol. The smallest absolute Gasteiger partial charge is 0.0556 e. The highest BCUT2D eigenvalue weighted by molar-refractivity contribution is 5.82. The van der Waals surface area contributed by atoms with Gasteiger partial charge in [-0.15, -0.1) is 0 Å². The number of rotatable bonds is 0. The maximum absolute atomic E-state index is 3.67. The summed E-state index contributed by atoms with van der Waals surface area (Å²) in [4.78, 5) is 0. The number of benzene rings is 2. The number of fused-ring (bicyclic) bond motifs is 4. The van der Waals surface area contributed by atoms with Gasteiger partial charge in [0.25, 0.3) is 0 Å². The number of anilines is 2. The Kier molecular flexibility index (Phi) is 2.36. The van der Waals surface area contributed by atoms with Crippen LogP contribution in [0.1, 0.15) is 17.5 Å². The summed E-state index contributed by atoms with van der Waals surface area (Å²) in [6.45, 7) is 0. The van der Waals surface area contributed by atoms with Crippen LogP contribution in [-0.4, -0.2) is 6.04 Å². The summed E-state index contributed by atoms with van der Waals surface area (Å²) in [5.74, 6) is 0. The molecule has 2 aromatic carbocycles. The molecule has 2 aliphatic heterocycles. The second kappa shape index (κ2) is 4.38. The maximum Gasteiger partial charge on any atom is 0.0556 e. The molecule has 2 heterocycles. The lowest BCUT2D eigenvalue weighted by molar-refractivity contribution is 0.808.